The van der Waals surface area contributed by atoms with Crippen molar-refractivity contribution in [3.05, 3.63) is 70.0 Å². The van der Waals surface area contributed by atoms with Crippen molar-refractivity contribution in [1.29, 1.82) is 0 Å². The number of hydrogen-bond acceptors (Lipinski definition) is 1. The fourth-order valence-electron chi connectivity index (χ4n) is 2.91. The quantitative estimate of drug-likeness (QED) is 0.724. The third-order valence-electron chi connectivity index (χ3n) is 3.99. The van der Waals surface area contributed by atoms with Gasteiger partial charge in [0.25, 0.3) is 5.91 Å². The summed E-state index contributed by atoms with van der Waals surface area (Å²) < 4.78 is 40.0. The van der Waals surface area contributed by atoms with E-state index in [1.165, 1.54) is 17.0 Å². The van der Waals surface area contributed by atoms with E-state index in [4.69, 9.17) is 11.6 Å². The largest absolute Gasteiger partial charge is 0.332 e. The highest BCUT2D eigenvalue weighted by Crippen LogP contribution is 2.34. The smallest absolute Gasteiger partial charge is 0.255 e. The molecule has 0 unspecified atom stereocenters. The zero-order valence-electron chi connectivity index (χ0n) is 12.0. The van der Waals surface area contributed by atoms with Crippen molar-refractivity contribution in [2.24, 2.45) is 0 Å². The van der Waals surface area contributed by atoms with Gasteiger partial charge >= 0.3 is 0 Å². The van der Waals surface area contributed by atoms with Gasteiger partial charge in [0.15, 0.2) is 11.6 Å². The molecule has 1 aliphatic rings. The van der Waals surface area contributed by atoms with Gasteiger partial charge < -0.3 is 4.90 Å². The Morgan fingerprint density at radius 3 is 2.61 bits per heavy atom. The number of benzene rings is 2. The molecule has 2 nitrogen and oxygen atoms in total. The predicted octanol–water partition coefficient (Wildman–Crippen LogP) is 4.73. The minimum atomic E-state index is -1.13. The van der Waals surface area contributed by atoms with Crippen LogP contribution in [0.4, 0.5) is 13.2 Å². The first-order valence-corrected chi connectivity index (χ1v) is 7.56. The highest BCUT2D eigenvalue weighted by atomic mass is 35.5. The fourth-order valence-corrected chi connectivity index (χ4v) is 3.14. The van der Waals surface area contributed by atoms with E-state index in [-0.39, 0.29) is 22.4 Å². The van der Waals surface area contributed by atoms with E-state index < -0.39 is 17.5 Å². The van der Waals surface area contributed by atoms with Gasteiger partial charge in [-0.2, -0.15) is 0 Å². The van der Waals surface area contributed by atoms with E-state index in [0.29, 0.717) is 18.5 Å². The summed E-state index contributed by atoms with van der Waals surface area (Å²) in [4.78, 5) is 14.2. The second kappa shape index (κ2) is 6.24. The van der Waals surface area contributed by atoms with Crippen LogP contribution in [0.5, 0.6) is 0 Å². The molecular weight excluding hydrogens is 327 g/mol. The minimum absolute atomic E-state index is 0.0890. The molecule has 120 valence electrons. The zero-order chi connectivity index (χ0) is 16.6. The Hall–Kier alpha value is -2.01. The molecule has 1 amide bonds. The van der Waals surface area contributed by atoms with Crippen molar-refractivity contribution in [3.63, 3.8) is 0 Å². The number of carbonyl (C=O) groups excluding carboxylic acids is 1. The number of likely N-dealkylation sites (tertiary alicyclic amines) is 1. The van der Waals surface area contributed by atoms with Gasteiger partial charge in [0.05, 0.1) is 16.6 Å². The highest BCUT2D eigenvalue weighted by molar-refractivity contribution is 6.33. The molecule has 2 aromatic rings. The Labute approximate surface area is 136 Å². The Morgan fingerprint density at radius 2 is 1.87 bits per heavy atom. The summed E-state index contributed by atoms with van der Waals surface area (Å²) in [5.41, 5.74) is 0.587. The normalized spacial score (nSPS) is 17.6. The van der Waals surface area contributed by atoms with Gasteiger partial charge in [-0.25, -0.2) is 13.2 Å². The maximum atomic E-state index is 13.4. The summed E-state index contributed by atoms with van der Waals surface area (Å²) >= 11 is 5.88. The second-order valence-corrected chi connectivity index (χ2v) is 5.86. The molecule has 1 heterocycles. The van der Waals surface area contributed by atoms with Crippen LogP contribution in [0, 0.1) is 17.5 Å². The number of carbonyl (C=O) groups is 1. The van der Waals surface area contributed by atoms with Crippen LogP contribution in [0.15, 0.2) is 36.4 Å². The Kier molecular flexibility index (Phi) is 4.31. The van der Waals surface area contributed by atoms with Crippen LogP contribution in [0.1, 0.15) is 34.8 Å². The molecule has 0 radical (unpaired) electrons. The molecule has 0 bridgehead atoms. The first kappa shape index (κ1) is 15.9. The van der Waals surface area contributed by atoms with Crippen LogP contribution in [0.2, 0.25) is 5.02 Å². The van der Waals surface area contributed by atoms with E-state index in [0.717, 1.165) is 18.6 Å². The third-order valence-corrected chi connectivity index (χ3v) is 4.30. The van der Waals surface area contributed by atoms with Gasteiger partial charge in [0.2, 0.25) is 0 Å². The van der Waals surface area contributed by atoms with Gasteiger partial charge in [-0.05, 0) is 42.7 Å². The van der Waals surface area contributed by atoms with Gasteiger partial charge in [0, 0.05) is 6.54 Å². The van der Waals surface area contributed by atoms with Crippen molar-refractivity contribution in [2.45, 2.75) is 18.9 Å². The predicted molar refractivity (Wildman–Crippen MR) is 80.8 cm³/mol. The molecule has 2 aromatic carbocycles. The molecule has 23 heavy (non-hydrogen) atoms. The number of nitrogens with zero attached hydrogens (tertiary/aromatic N) is 1. The van der Waals surface area contributed by atoms with Crippen molar-refractivity contribution in [1.82, 2.24) is 4.90 Å². The molecule has 0 aromatic heterocycles. The molecule has 1 saturated heterocycles. The molecular formula is C17H13ClF3NO. The molecule has 3 rings (SSSR count). The summed E-state index contributed by atoms with van der Waals surface area (Å²) in [5, 5.41) is -0.140. The van der Waals surface area contributed by atoms with Crippen molar-refractivity contribution < 1.29 is 18.0 Å². The molecule has 0 N–H and O–H groups in total. The third kappa shape index (κ3) is 3.06. The van der Waals surface area contributed by atoms with Crippen LogP contribution in [-0.4, -0.2) is 17.4 Å². The Morgan fingerprint density at radius 1 is 1.13 bits per heavy atom. The first-order valence-electron chi connectivity index (χ1n) is 7.18. The number of amides is 1. The van der Waals surface area contributed by atoms with Crippen molar-refractivity contribution in [3.8, 4) is 0 Å². The topological polar surface area (TPSA) is 20.3 Å². The summed E-state index contributed by atoms with van der Waals surface area (Å²) in [5.74, 6) is -3.10. The standard InChI is InChI=1S/C17H13ClF3NO/c18-13-9-15(21)14(20)8-12(13)17(23)22-6-2-5-16(22)10-3-1-4-11(19)7-10/h1,3-4,7-9,16H,2,5-6H2/t16-/m0/s1. The van der Waals surface area contributed by atoms with E-state index in [1.54, 1.807) is 12.1 Å². The molecule has 1 aliphatic heterocycles. The van der Waals surface area contributed by atoms with Gasteiger partial charge in [-0.1, -0.05) is 23.7 Å². The van der Waals surface area contributed by atoms with E-state index >= 15 is 0 Å². The Bertz CT molecular complexity index is 765. The lowest BCUT2D eigenvalue weighted by Crippen LogP contribution is -2.31. The van der Waals surface area contributed by atoms with Gasteiger partial charge in [-0.3, -0.25) is 4.79 Å². The van der Waals surface area contributed by atoms with E-state index in [2.05, 4.69) is 0 Å². The van der Waals surface area contributed by atoms with Gasteiger partial charge in [0.1, 0.15) is 5.82 Å². The summed E-state index contributed by atoms with van der Waals surface area (Å²) in [6.45, 7) is 0.454. The van der Waals surface area contributed by atoms with Crippen LogP contribution in [-0.2, 0) is 0 Å². The second-order valence-electron chi connectivity index (χ2n) is 5.46. The number of rotatable bonds is 2. The first-order chi connectivity index (χ1) is 11.0. The summed E-state index contributed by atoms with van der Waals surface area (Å²) in [6, 6.07) is 7.32. The Balaban J connectivity index is 1.94. The molecule has 1 fully saturated rings. The number of hydrogen-bond donors (Lipinski definition) is 0. The lowest BCUT2D eigenvalue weighted by molar-refractivity contribution is 0.0735. The van der Waals surface area contributed by atoms with E-state index in [9.17, 15) is 18.0 Å². The lowest BCUT2D eigenvalue weighted by atomic mass is 10.0. The molecule has 6 heteroatoms. The number of halogens is 4. The zero-order valence-corrected chi connectivity index (χ0v) is 12.8. The van der Waals surface area contributed by atoms with Crippen molar-refractivity contribution >= 4 is 17.5 Å². The van der Waals surface area contributed by atoms with Crippen LogP contribution in [0.25, 0.3) is 0 Å². The summed E-state index contributed by atoms with van der Waals surface area (Å²) in [7, 11) is 0. The average Bonchev–Trinajstić information content (AvgIpc) is 3.00. The molecule has 0 spiro atoms. The van der Waals surface area contributed by atoms with Gasteiger partial charge in [-0.15, -0.1) is 0 Å². The highest BCUT2D eigenvalue weighted by Gasteiger charge is 2.32. The summed E-state index contributed by atoms with van der Waals surface area (Å²) in [6.07, 6.45) is 1.42. The lowest BCUT2D eigenvalue weighted by Gasteiger charge is -2.25. The monoisotopic (exact) mass is 339 g/mol. The van der Waals surface area contributed by atoms with Crippen LogP contribution < -0.4 is 0 Å². The molecule has 1 atom stereocenters. The maximum absolute atomic E-state index is 13.4. The van der Waals surface area contributed by atoms with E-state index in [1.807, 2.05) is 0 Å². The van der Waals surface area contributed by atoms with Crippen molar-refractivity contribution in [2.75, 3.05) is 6.54 Å². The molecule has 0 aliphatic carbocycles. The maximum Gasteiger partial charge on any atom is 0.255 e. The fraction of sp³-hybridized carbons (Fsp3) is 0.235. The molecule has 0 saturated carbocycles. The minimum Gasteiger partial charge on any atom is -0.332 e. The SMILES string of the molecule is O=C(c1cc(F)c(F)cc1Cl)N1CCC[C@H]1c1cccc(F)c1. The van der Waals surface area contributed by atoms with Crippen LogP contribution >= 0.6 is 11.6 Å². The average molecular weight is 340 g/mol. The van der Waals surface area contributed by atoms with Crippen LogP contribution in [0.3, 0.4) is 0 Å².